The molecule has 88 valence electrons. The van der Waals surface area contributed by atoms with E-state index in [-0.39, 0.29) is 0 Å². The third kappa shape index (κ3) is 2.23. The Morgan fingerprint density at radius 1 is 1.56 bits per heavy atom. The summed E-state index contributed by atoms with van der Waals surface area (Å²) in [5.41, 5.74) is 7.09. The molecule has 4 heteroatoms. The van der Waals surface area contributed by atoms with Gasteiger partial charge in [0, 0.05) is 31.0 Å². The lowest BCUT2D eigenvalue weighted by Crippen LogP contribution is -2.49. The predicted octanol–water partition coefficient (Wildman–Crippen LogP) is 2.55. The van der Waals surface area contributed by atoms with Gasteiger partial charge in [0.15, 0.2) is 0 Å². The quantitative estimate of drug-likeness (QED) is 0.907. The summed E-state index contributed by atoms with van der Waals surface area (Å²) in [4.78, 5) is 6.55. The molecule has 1 aromatic heterocycles. The van der Waals surface area contributed by atoms with Gasteiger partial charge in [-0.25, -0.2) is 0 Å². The van der Waals surface area contributed by atoms with E-state index in [2.05, 4.69) is 38.8 Å². The lowest BCUT2D eigenvalue weighted by atomic mass is 9.96. The maximum Gasteiger partial charge on any atom is 0.0592 e. The first-order valence-corrected chi connectivity index (χ1v) is 6.61. The number of rotatable bonds is 2. The molecule has 2 heterocycles. The van der Waals surface area contributed by atoms with E-state index in [1.165, 1.54) is 24.9 Å². The third-order valence-electron chi connectivity index (χ3n) is 3.33. The summed E-state index contributed by atoms with van der Waals surface area (Å²) in [5.74, 6) is 0. The number of hydrogen-bond acceptors (Lipinski definition) is 3. The highest BCUT2D eigenvalue weighted by atomic mass is 79.9. The number of nitrogens with zero attached hydrogens (tertiary/aromatic N) is 2. The molecule has 1 aromatic rings. The number of anilines is 1. The summed E-state index contributed by atoms with van der Waals surface area (Å²) in [6, 6.07) is 3.08. The summed E-state index contributed by atoms with van der Waals surface area (Å²) in [7, 11) is 0. The van der Waals surface area contributed by atoms with Gasteiger partial charge in [-0.2, -0.15) is 0 Å². The molecular weight excluding hydrogens is 266 g/mol. The van der Waals surface area contributed by atoms with Crippen LogP contribution in [0.2, 0.25) is 0 Å². The maximum atomic E-state index is 5.87. The van der Waals surface area contributed by atoms with Gasteiger partial charge in [-0.1, -0.05) is 0 Å². The van der Waals surface area contributed by atoms with Crippen LogP contribution in [0.15, 0.2) is 22.9 Å². The molecule has 0 aliphatic carbocycles. The minimum Gasteiger partial charge on any atom is -0.364 e. The van der Waals surface area contributed by atoms with E-state index in [1.54, 1.807) is 0 Å². The first-order valence-electron chi connectivity index (χ1n) is 5.82. The molecule has 0 bridgehead atoms. The van der Waals surface area contributed by atoms with Crippen LogP contribution in [0.5, 0.6) is 0 Å². The normalized spacial score (nSPS) is 25.8. The van der Waals surface area contributed by atoms with E-state index in [0.717, 1.165) is 11.0 Å². The van der Waals surface area contributed by atoms with E-state index in [4.69, 9.17) is 5.73 Å². The predicted molar refractivity (Wildman–Crippen MR) is 70.6 cm³/mol. The molecular formula is C12H18BrN3. The maximum absolute atomic E-state index is 5.87. The van der Waals surface area contributed by atoms with Crippen molar-refractivity contribution in [3.8, 4) is 0 Å². The van der Waals surface area contributed by atoms with Crippen LogP contribution in [0.1, 0.15) is 26.2 Å². The van der Waals surface area contributed by atoms with Crippen molar-refractivity contribution in [1.29, 1.82) is 0 Å². The van der Waals surface area contributed by atoms with Crippen LogP contribution in [0.3, 0.4) is 0 Å². The topological polar surface area (TPSA) is 42.1 Å². The SMILES string of the molecule is CC1CCCC(CN)N1c1ccncc1Br. The fourth-order valence-electron chi connectivity index (χ4n) is 2.53. The van der Waals surface area contributed by atoms with Crippen LogP contribution in [-0.4, -0.2) is 23.6 Å². The Labute approximate surface area is 105 Å². The van der Waals surface area contributed by atoms with Crippen LogP contribution >= 0.6 is 15.9 Å². The molecule has 0 radical (unpaired) electrons. The second-order valence-electron chi connectivity index (χ2n) is 4.40. The molecule has 2 N–H and O–H groups in total. The van der Waals surface area contributed by atoms with Gasteiger partial charge in [0.2, 0.25) is 0 Å². The molecule has 2 unspecified atom stereocenters. The molecule has 1 fully saturated rings. The van der Waals surface area contributed by atoms with E-state index < -0.39 is 0 Å². The van der Waals surface area contributed by atoms with Gasteiger partial charge in [0.05, 0.1) is 10.2 Å². The minimum atomic E-state index is 0.461. The van der Waals surface area contributed by atoms with Crippen molar-refractivity contribution in [2.75, 3.05) is 11.4 Å². The van der Waals surface area contributed by atoms with Gasteiger partial charge in [-0.05, 0) is 48.2 Å². The molecule has 1 aliphatic rings. The largest absolute Gasteiger partial charge is 0.364 e. The standard InChI is InChI=1S/C12H18BrN3/c1-9-3-2-4-10(7-14)16(9)12-5-6-15-8-11(12)13/h5-6,8-10H,2-4,7,14H2,1H3. The first-order chi connectivity index (χ1) is 7.74. The molecule has 3 nitrogen and oxygen atoms in total. The van der Waals surface area contributed by atoms with Crippen molar-refractivity contribution in [3.05, 3.63) is 22.9 Å². The summed E-state index contributed by atoms with van der Waals surface area (Å²) in [5, 5.41) is 0. The van der Waals surface area contributed by atoms with E-state index in [0.29, 0.717) is 12.1 Å². The molecule has 0 saturated carbocycles. The van der Waals surface area contributed by atoms with Gasteiger partial charge in [-0.3, -0.25) is 4.98 Å². The van der Waals surface area contributed by atoms with E-state index in [1.807, 2.05) is 12.4 Å². The van der Waals surface area contributed by atoms with Crippen molar-refractivity contribution < 1.29 is 0 Å². The van der Waals surface area contributed by atoms with Crippen LogP contribution in [0.4, 0.5) is 5.69 Å². The highest BCUT2D eigenvalue weighted by Gasteiger charge is 2.28. The van der Waals surface area contributed by atoms with E-state index in [9.17, 15) is 0 Å². The summed E-state index contributed by atoms with van der Waals surface area (Å²) in [6.07, 6.45) is 7.41. The van der Waals surface area contributed by atoms with E-state index >= 15 is 0 Å². The zero-order chi connectivity index (χ0) is 11.5. The number of aromatic nitrogens is 1. The van der Waals surface area contributed by atoms with Crippen molar-refractivity contribution >= 4 is 21.6 Å². The fourth-order valence-corrected chi connectivity index (χ4v) is 2.98. The zero-order valence-corrected chi connectivity index (χ0v) is 11.2. The molecule has 0 spiro atoms. The van der Waals surface area contributed by atoms with Gasteiger partial charge in [0.25, 0.3) is 0 Å². The number of halogens is 1. The Kier molecular flexibility index (Phi) is 3.82. The average molecular weight is 284 g/mol. The van der Waals surface area contributed by atoms with Crippen molar-refractivity contribution in [2.24, 2.45) is 5.73 Å². The second kappa shape index (κ2) is 5.15. The number of nitrogens with two attached hydrogens (primary N) is 1. The molecule has 0 aromatic carbocycles. The Bertz CT molecular complexity index is 356. The highest BCUT2D eigenvalue weighted by molar-refractivity contribution is 9.10. The summed E-state index contributed by atoms with van der Waals surface area (Å²) in [6.45, 7) is 2.99. The van der Waals surface area contributed by atoms with Crippen molar-refractivity contribution in [1.82, 2.24) is 4.98 Å². The smallest absolute Gasteiger partial charge is 0.0592 e. The minimum absolute atomic E-state index is 0.461. The van der Waals surface area contributed by atoms with Crippen molar-refractivity contribution in [3.63, 3.8) is 0 Å². The zero-order valence-electron chi connectivity index (χ0n) is 9.56. The first kappa shape index (κ1) is 11.9. The van der Waals surface area contributed by atoms with Crippen LogP contribution < -0.4 is 10.6 Å². The molecule has 16 heavy (non-hydrogen) atoms. The van der Waals surface area contributed by atoms with Gasteiger partial charge in [0.1, 0.15) is 0 Å². The van der Waals surface area contributed by atoms with Crippen LogP contribution in [-0.2, 0) is 0 Å². The van der Waals surface area contributed by atoms with Crippen molar-refractivity contribution in [2.45, 2.75) is 38.3 Å². The highest BCUT2D eigenvalue weighted by Crippen LogP contribution is 2.33. The van der Waals surface area contributed by atoms with Gasteiger partial charge >= 0.3 is 0 Å². The molecule has 2 rings (SSSR count). The Morgan fingerprint density at radius 2 is 2.38 bits per heavy atom. The number of piperidine rings is 1. The Morgan fingerprint density at radius 3 is 3.06 bits per heavy atom. The summed E-state index contributed by atoms with van der Waals surface area (Å²) >= 11 is 3.57. The third-order valence-corrected chi connectivity index (χ3v) is 3.94. The monoisotopic (exact) mass is 283 g/mol. The molecule has 1 aliphatic heterocycles. The average Bonchev–Trinajstić information content (AvgIpc) is 2.30. The lowest BCUT2D eigenvalue weighted by Gasteiger charge is -2.42. The van der Waals surface area contributed by atoms with Crippen LogP contribution in [0.25, 0.3) is 0 Å². The Balaban J connectivity index is 2.32. The second-order valence-corrected chi connectivity index (χ2v) is 5.26. The molecule has 0 amide bonds. The number of hydrogen-bond donors (Lipinski definition) is 1. The number of pyridine rings is 1. The molecule has 2 atom stereocenters. The lowest BCUT2D eigenvalue weighted by molar-refractivity contribution is 0.400. The van der Waals surface area contributed by atoms with Gasteiger partial charge < -0.3 is 10.6 Å². The van der Waals surface area contributed by atoms with Gasteiger partial charge in [-0.15, -0.1) is 0 Å². The summed E-state index contributed by atoms with van der Waals surface area (Å²) < 4.78 is 1.06. The molecule has 1 saturated heterocycles. The Hall–Kier alpha value is -0.610. The van der Waals surface area contributed by atoms with Crippen LogP contribution in [0, 0.1) is 0 Å². The fraction of sp³-hybridized carbons (Fsp3) is 0.583.